The van der Waals surface area contributed by atoms with E-state index in [1.807, 2.05) is 36.4 Å². The van der Waals surface area contributed by atoms with Gasteiger partial charge >= 0.3 is 0 Å². The largest absolute Gasteiger partial charge is 0.459 e. The van der Waals surface area contributed by atoms with Crippen LogP contribution in [0.25, 0.3) is 10.8 Å². The van der Waals surface area contributed by atoms with E-state index in [1.165, 1.54) is 28.3 Å². The molecule has 0 spiro atoms. The van der Waals surface area contributed by atoms with Gasteiger partial charge in [0.2, 0.25) is 0 Å². The van der Waals surface area contributed by atoms with Crippen molar-refractivity contribution in [2.75, 3.05) is 41.3 Å². The second-order valence-corrected chi connectivity index (χ2v) is 10.5. The van der Waals surface area contributed by atoms with Gasteiger partial charge in [-0.15, -0.1) is 0 Å². The van der Waals surface area contributed by atoms with E-state index in [0.717, 1.165) is 37.4 Å². The second-order valence-electron chi connectivity index (χ2n) is 10.5. The summed E-state index contributed by atoms with van der Waals surface area (Å²) in [6, 6.07) is 31.9. The fourth-order valence-electron chi connectivity index (χ4n) is 5.69. The molecule has 5 aromatic rings. The van der Waals surface area contributed by atoms with Crippen molar-refractivity contribution in [3.63, 3.8) is 0 Å². The molecule has 0 saturated carbocycles. The van der Waals surface area contributed by atoms with Crippen LogP contribution >= 0.6 is 0 Å². The van der Waals surface area contributed by atoms with Crippen LogP contribution in [0, 0.1) is 6.92 Å². The molecule has 1 aliphatic rings. The minimum atomic E-state index is -0.338. The smallest absolute Gasteiger partial charge is 0.291 e. The second kappa shape index (κ2) is 11.7. The van der Waals surface area contributed by atoms with Crippen LogP contribution in [0.15, 0.2) is 108 Å². The predicted octanol–water partition coefficient (Wildman–Crippen LogP) is 7.14. The van der Waals surface area contributed by atoms with Crippen LogP contribution < -0.4 is 15.1 Å². The van der Waals surface area contributed by atoms with E-state index in [2.05, 4.69) is 70.6 Å². The molecule has 1 saturated heterocycles. The molecule has 4 aromatic carbocycles. The fraction of sp³-hybridized carbons (Fsp3) is 0.200. The third-order valence-electron chi connectivity index (χ3n) is 7.89. The van der Waals surface area contributed by atoms with Gasteiger partial charge in [0, 0.05) is 43.9 Å². The summed E-state index contributed by atoms with van der Waals surface area (Å²) in [6.07, 6.45) is 2.51. The lowest BCUT2D eigenvalue weighted by Crippen LogP contribution is -2.47. The highest BCUT2D eigenvalue weighted by atomic mass is 16.3. The van der Waals surface area contributed by atoms with E-state index in [0.29, 0.717) is 24.1 Å². The summed E-state index contributed by atoms with van der Waals surface area (Å²) in [6.45, 7) is 5.46. The molecular weight excluding hydrogens is 510 g/mol. The van der Waals surface area contributed by atoms with Crippen LogP contribution in [0.1, 0.15) is 38.5 Å². The van der Waals surface area contributed by atoms with Gasteiger partial charge in [0.15, 0.2) is 11.5 Å². The summed E-state index contributed by atoms with van der Waals surface area (Å²) in [7, 11) is 0. The Balaban J connectivity index is 1.22. The van der Waals surface area contributed by atoms with E-state index in [-0.39, 0.29) is 17.5 Å². The minimum absolute atomic E-state index is 0.0438. The number of Topliss-reactive ketones (excluding diaryl/α,β-unsaturated/α-hetero) is 1. The number of fused-ring (bicyclic) bond motifs is 1. The van der Waals surface area contributed by atoms with Crippen molar-refractivity contribution in [3.8, 4) is 0 Å². The number of furan rings is 1. The number of para-hydroxylation sites is 1. The van der Waals surface area contributed by atoms with Gasteiger partial charge in [-0.1, -0.05) is 60.7 Å². The molecule has 0 unspecified atom stereocenters. The number of piperazine rings is 1. The third-order valence-corrected chi connectivity index (χ3v) is 7.89. The van der Waals surface area contributed by atoms with Gasteiger partial charge in [0.05, 0.1) is 17.6 Å². The lowest BCUT2D eigenvalue weighted by atomic mass is 9.97. The molecule has 1 N–H and O–H groups in total. The maximum atomic E-state index is 13.4. The first-order valence-corrected chi connectivity index (χ1v) is 14.1. The third kappa shape index (κ3) is 5.73. The van der Waals surface area contributed by atoms with Crippen molar-refractivity contribution in [2.24, 2.45) is 0 Å². The van der Waals surface area contributed by atoms with Crippen molar-refractivity contribution >= 4 is 39.5 Å². The first-order valence-electron chi connectivity index (χ1n) is 14.1. The Morgan fingerprint density at radius 3 is 2.29 bits per heavy atom. The van der Waals surface area contributed by atoms with Gasteiger partial charge in [-0.05, 0) is 71.6 Å². The highest BCUT2D eigenvalue weighted by Gasteiger charge is 2.23. The number of hydrogen-bond donors (Lipinski definition) is 1. The molecule has 0 bridgehead atoms. The first-order chi connectivity index (χ1) is 20.1. The number of nitrogens with zero attached hydrogens (tertiary/aromatic N) is 2. The van der Waals surface area contributed by atoms with Crippen LogP contribution in [-0.4, -0.2) is 37.9 Å². The minimum Gasteiger partial charge on any atom is -0.459 e. The Morgan fingerprint density at radius 1 is 0.780 bits per heavy atom. The number of benzene rings is 4. The lowest BCUT2D eigenvalue weighted by molar-refractivity contribution is 0.0978. The van der Waals surface area contributed by atoms with Crippen molar-refractivity contribution < 1.29 is 14.0 Å². The van der Waals surface area contributed by atoms with Gasteiger partial charge in [0.25, 0.3) is 5.91 Å². The number of nitrogens with one attached hydrogen (secondary N) is 1. The van der Waals surface area contributed by atoms with Crippen LogP contribution in [0.2, 0.25) is 0 Å². The van der Waals surface area contributed by atoms with Gasteiger partial charge in [-0.2, -0.15) is 0 Å². The maximum absolute atomic E-state index is 13.4. The fourth-order valence-corrected chi connectivity index (χ4v) is 5.69. The molecule has 206 valence electrons. The lowest BCUT2D eigenvalue weighted by Gasteiger charge is -2.38. The topological polar surface area (TPSA) is 65.8 Å². The van der Waals surface area contributed by atoms with Crippen molar-refractivity contribution in [2.45, 2.75) is 19.8 Å². The van der Waals surface area contributed by atoms with Gasteiger partial charge in [0.1, 0.15) is 0 Å². The Hall–Kier alpha value is -4.84. The molecule has 6 rings (SSSR count). The molecule has 1 fully saturated rings. The van der Waals surface area contributed by atoms with E-state index >= 15 is 0 Å². The number of carbonyl (C=O) groups excluding carboxylic acids is 2. The summed E-state index contributed by atoms with van der Waals surface area (Å²) < 4.78 is 5.33. The van der Waals surface area contributed by atoms with Crippen LogP contribution in [0.5, 0.6) is 0 Å². The Labute approximate surface area is 240 Å². The Kier molecular flexibility index (Phi) is 7.54. The summed E-state index contributed by atoms with van der Waals surface area (Å²) in [5.74, 6) is -0.0643. The van der Waals surface area contributed by atoms with Crippen LogP contribution in [0.4, 0.5) is 17.1 Å². The van der Waals surface area contributed by atoms with Crippen molar-refractivity contribution in [1.82, 2.24) is 0 Å². The molecule has 41 heavy (non-hydrogen) atoms. The molecule has 0 atom stereocenters. The van der Waals surface area contributed by atoms with E-state index in [1.54, 1.807) is 12.1 Å². The SMILES string of the molecule is Cc1ccccc1N1CCN(c2ccc(C(=O)CCc3cccc4ccccc34)cc2NC(=O)c2ccco2)CC1. The molecule has 0 aliphatic carbocycles. The maximum Gasteiger partial charge on any atom is 0.291 e. The molecule has 1 amide bonds. The number of ketones is 1. The molecule has 1 aliphatic heterocycles. The molecule has 6 heteroatoms. The zero-order chi connectivity index (χ0) is 28.2. The number of anilines is 3. The summed E-state index contributed by atoms with van der Waals surface area (Å²) in [5, 5.41) is 5.36. The van der Waals surface area contributed by atoms with Crippen LogP contribution in [-0.2, 0) is 6.42 Å². The highest BCUT2D eigenvalue weighted by molar-refractivity contribution is 6.06. The number of hydrogen-bond acceptors (Lipinski definition) is 5. The van der Waals surface area contributed by atoms with E-state index in [4.69, 9.17) is 4.42 Å². The molecular formula is C35H33N3O3. The number of aryl methyl sites for hydroxylation is 2. The molecule has 1 aromatic heterocycles. The number of rotatable bonds is 8. The van der Waals surface area contributed by atoms with Gasteiger partial charge in [-0.3, -0.25) is 9.59 Å². The Bertz CT molecular complexity index is 1680. The molecule has 0 radical (unpaired) electrons. The zero-order valence-electron chi connectivity index (χ0n) is 23.2. The summed E-state index contributed by atoms with van der Waals surface area (Å²) >= 11 is 0. The normalized spacial score (nSPS) is 13.4. The number of amides is 1. The van der Waals surface area contributed by atoms with Crippen molar-refractivity contribution in [3.05, 3.63) is 126 Å². The first kappa shape index (κ1) is 26.4. The van der Waals surface area contributed by atoms with E-state index < -0.39 is 0 Å². The summed E-state index contributed by atoms with van der Waals surface area (Å²) in [5.41, 5.74) is 5.78. The monoisotopic (exact) mass is 543 g/mol. The zero-order valence-corrected chi connectivity index (χ0v) is 23.2. The predicted molar refractivity (Wildman–Crippen MR) is 165 cm³/mol. The standard InChI is InChI=1S/C35H33N3O3/c1-25-8-2-5-13-31(25)37-19-21-38(22-20-37)32-17-15-28(24-30(32)36-35(40)34-14-7-23-41-34)33(39)18-16-27-11-6-10-26-9-3-4-12-29(26)27/h2-15,17,23-24H,16,18-22H2,1H3,(H,36,40). The average Bonchev–Trinajstić information content (AvgIpc) is 3.56. The quantitative estimate of drug-likeness (QED) is 0.211. The van der Waals surface area contributed by atoms with E-state index in [9.17, 15) is 9.59 Å². The Morgan fingerprint density at radius 2 is 1.51 bits per heavy atom. The molecule has 2 heterocycles. The van der Waals surface area contributed by atoms with Gasteiger partial charge < -0.3 is 19.5 Å². The summed E-state index contributed by atoms with van der Waals surface area (Å²) in [4.78, 5) is 31.0. The molecule has 6 nitrogen and oxygen atoms in total. The van der Waals surface area contributed by atoms with Crippen LogP contribution in [0.3, 0.4) is 0 Å². The average molecular weight is 544 g/mol. The highest BCUT2D eigenvalue weighted by Crippen LogP contribution is 2.31. The van der Waals surface area contributed by atoms with Gasteiger partial charge in [-0.25, -0.2) is 0 Å². The number of carbonyl (C=O) groups is 2. The van der Waals surface area contributed by atoms with Crippen molar-refractivity contribution in [1.29, 1.82) is 0 Å².